The lowest BCUT2D eigenvalue weighted by Crippen LogP contribution is -2.21. The first-order chi connectivity index (χ1) is 19.7. The fourth-order valence-electron chi connectivity index (χ4n) is 3.76. The molecule has 0 unspecified atom stereocenters. The monoisotopic (exact) mass is 565 g/mol. The van der Waals surface area contributed by atoms with Crippen molar-refractivity contribution in [1.29, 1.82) is 0 Å². The number of benzene rings is 3. The highest BCUT2D eigenvalue weighted by molar-refractivity contribution is 6.08. The van der Waals surface area contributed by atoms with E-state index in [1.54, 1.807) is 18.2 Å². The number of nitrogens with one attached hydrogen (secondary N) is 2. The number of carbonyl (C=O) groups is 3. The van der Waals surface area contributed by atoms with Gasteiger partial charge in [0.05, 0.1) is 19.2 Å². The molecule has 0 fully saturated rings. The van der Waals surface area contributed by atoms with E-state index >= 15 is 0 Å². The van der Waals surface area contributed by atoms with Gasteiger partial charge in [0.2, 0.25) is 11.8 Å². The number of anilines is 2. The van der Waals surface area contributed by atoms with Crippen molar-refractivity contribution >= 4 is 40.1 Å². The van der Waals surface area contributed by atoms with E-state index in [2.05, 4.69) is 15.6 Å². The molecule has 4 aromatic rings. The molecule has 3 aromatic carbocycles. The normalized spacial score (nSPS) is 10.6. The summed E-state index contributed by atoms with van der Waals surface area (Å²) < 4.78 is 44.8. The van der Waals surface area contributed by atoms with Crippen LogP contribution in [0.3, 0.4) is 0 Å². The maximum Gasteiger partial charge on any atom is 0.303 e. The van der Waals surface area contributed by atoms with E-state index in [9.17, 15) is 23.2 Å². The zero-order valence-corrected chi connectivity index (χ0v) is 21.8. The molecule has 0 atom stereocenters. The first kappa shape index (κ1) is 28.7. The lowest BCUT2D eigenvalue weighted by molar-refractivity contribution is -0.137. The largest absolute Gasteiger partial charge is 0.493 e. The van der Waals surface area contributed by atoms with Gasteiger partial charge in [0.15, 0.2) is 23.1 Å². The molecule has 41 heavy (non-hydrogen) atoms. The Labute approximate surface area is 232 Å². The van der Waals surface area contributed by atoms with E-state index < -0.39 is 35.8 Å². The van der Waals surface area contributed by atoms with Crippen molar-refractivity contribution in [3.8, 4) is 23.0 Å². The second-order valence-electron chi connectivity index (χ2n) is 8.70. The number of pyridine rings is 1. The first-order valence-electron chi connectivity index (χ1n) is 12.4. The van der Waals surface area contributed by atoms with Gasteiger partial charge in [-0.25, -0.2) is 8.78 Å². The summed E-state index contributed by atoms with van der Waals surface area (Å²) in [4.78, 5) is 39.4. The SMILES string of the molecule is COc1cc2c(Oc3ccc(NC(=O)CC(=O)Nc4ccc(F)cc4)cc3F)ccnc2cc1OCCCC(=O)O. The number of aromatic nitrogens is 1. The Morgan fingerprint density at radius 1 is 0.854 bits per heavy atom. The number of hydrogen-bond donors (Lipinski definition) is 3. The van der Waals surface area contributed by atoms with Crippen molar-refractivity contribution in [2.45, 2.75) is 19.3 Å². The van der Waals surface area contributed by atoms with E-state index in [-0.39, 0.29) is 30.2 Å². The molecule has 212 valence electrons. The Morgan fingerprint density at radius 2 is 1.56 bits per heavy atom. The van der Waals surface area contributed by atoms with Crippen molar-refractivity contribution in [2.24, 2.45) is 0 Å². The van der Waals surface area contributed by atoms with E-state index in [1.807, 2.05) is 0 Å². The summed E-state index contributed by atoms with van der Waals surface area (Å²) in [5.74, 6) is -2.58. The highest BCUT2D eigenvalue weighted by Crippen LogP contribution is 2.38. The average molecular weight is 566 g/mol. The van der Waals surface area contributed by atoms with Gasteiger partial charge in [0.25, 0.3) is 0 Å². The molecule has 10 nitrogen and oxygen atoms in total. The molecule has 0 radical (unpaired) electrons. The van der Waals surface area contributed by atoms with Crippen LogP contribution in [-0.2, 0) is 14.4 Å². The summed E-state index contributed by atoms with van der Waals surface area (Å²) in [6, 6.07) is 13.6. The second kappa shape index (κ2) is 13.2. The van der Waals surface area contributed by atoms with Crippen molar-refractivity contribution < 1.29 is 42.5 Å². The summed E-state index contributed by atoms with van der Waals surface area (Å²) in [5.41, 5.74) is 0.914. The lowest BCUT2D eigenvalue weighted by Gasteiger charge is -2.14. The van der Waals surface area contributed by atoms with Gasteiger partial charge in [-0.1, -0.05) is 0 Å². The fraction of sp³-hybridized carbons (Fsp3) is 0.172. The summed E-state index contributed by atoms with van der Waals surface area (Å²) >= 11 is 0. The van der Waals surface area contributed by atoms with Crippen LogP contribution in [0.4, 0.5) is 20.2 Å². The Bertz CT molecular complexity index is 1580. The van der Waals surface area contributed by atoms with Gasteiger partial charge in [-0.05, 0) is 55.0 Å². The molecule has 4 rings (SSSR count). The predicted molar refractivity (Wildman–Crippen MR) is 145 cm³/mol. The fourth-order valence-corrected chi connectivity index (χ4v) is 3.76. The van der Waals surface area contributed by atoms with Crippen molar-refractivity contribution in [1.82, 2.24) is 4.98 Å². The summed E-state index contributed by atoms with van der Waals surface area (Å²) in [6.07, 6.45) is 1.22. The predicted octanol–water partition coefficient (Wildman–Crippen LogP) is 5.52. The highest BCUT2D eigenvalue weighted by atomic mass is 19.1. The molecule has 1 heterocycles. The van der Waals surface area contributed by atoms with Gasteiger partial charge in [-0.2, -0.15) is 0 Å². The number of aliphatic carboxylic acids is 1. The van der Waals surface area contributed by atoms with Crippen LogP contribution in [0.1, 0.15) is 19.3 Å². The van der Waals surface area contributed by atoms with E-state index in [0.29, 0.717) is 34.5 Å². The minimum Gasteiger partial charge on any atom is -0.493 e. The van der Waals surface area contributed by atoms with Gasteiger partial charge in [-0.15, -0.1) is 0 Å². The summed E-state index contributed by atoms with van der Waals surface area (Å²) in [7, 11) is 1.45. The molecule has 0 bridgehead atoms. The van der Waals surface area contributed by atoms with Gasteiger partial charge < -0.3 is 30.0 Å². The lowest BCUT2D eigenvalue weighted by atomic mass is 10.1. The van der Waals surface area contributed by atoms with Crippen molar-refractivity contribution in [2.75, 3.05) is 24.4 Å². The molecule has 0 aliphatic rings. The van der Waals surface area contributed by atoms with Crippen molar-refractivity contribution in [3.05, 3.63) is 78.5 Å². The van der Waals surface area contributed by atoms with Crippen LogP contribution in [-0.4, -0.2) is 41.6 Å². The van der Waals surface area contributed by atoms with E-state index in [0.717, 1.165) is 6.07 Å². The van der Waals surface area contributed by atoms with Gasteiger partial charge in [0, 0.05) is 41.5 Å². The van der Waals surface area contributed by atoms with Crippen LogP contribution in [0.25, 0.3) is 10.9 Å². The van der Waals surface area contributed by atoms with E-state index in [1.165, 1.54) is 49.7 Å². The van der Waals surface area contributed by atoms with Crippen LogP contribution >= 0.6 is 0 Å². The molecule has 0 saturated carbocycles. The second-order valence-corrected chi connectivity index (χ2v) is 8.70. The molecule has 0 aliphatic carbocycles. The Kier molecular flexibility index (Phi) is 9.25. The van der Waals surface area contributed by atoms with Crippen LogP contribution < -0.4 is 24.8 Å². The molecule has 0 aliphatic heterocycles. The third-order valence-electron chi connectivity index (χ3n) is 5.66. The Morgan fingerprint density at radius 3 is 2.24 bits per heavy atom. The minimum atomic E-state index is -0.920. The topological polar surface area (TPSA) is 136 Å². The maximum atomic E-state index is 14.9. The number of amides is 2. The number of carbonyl (C=O) groups excluding carboxylic acids is 2. The molecular formula is C29H25F2N3O7. The first-order valence-corrected chi connectivity index (χ1v) is 12.4. The quantitative estimate of drug-likeness (QED) is 0.151. The summed E-state index contributed by atoms with van der Waals surface area (Å²) in [6.45, 7) is 0.164. The Hall–Kier alpha value is -5.26. The van der Waals surface area contributed by atoms with E-state index in [4.69, 9.17) is 19.3 Å². The minimum absolute atomic E-state index is 0.0347. The number of nitrogens with zero attached hydrogens (tertiary/aromatic N) is 1. The maximum absolute atomic E-state index is 14.9. The standard InChI is InChI=1S/C29H25F2N3O7/c1-39-25-14-20-22(15-26(25)40-12-2-3-29(37)38)32-11-10-23(20)41-24-9-8-19(13-21(24)31)34-28(36)16-27(35)33-18-6-4-17(30)5-7-18/h4-11,13-15H,2-3,12,16H2,1H3,(H,33,35)(H,34,36)(H,37,38). The molecule has 12 heteroatoms. The molecular weight excluding hydrogens is 540 g/mol. The van der Waals surface area contributed by atoms with Gasteiger partial charge in [-0.3, -0.25) is 19.4 Å². The summed E-state index contributed by atoms with van der Waals surface area (Å²) in [5, 5.41) is 14.2. The van der Waals surface area contributed by atoms with Crippen LogP contribution in [0.2, 0.25) is 0 Å². The number of carboxylic acids is 1. The van der Waals surface area contributed by atoms with Crippen LogP contribution in [0.5, 0.6) is 23.0 Å². The number of carboxylic acid groups (broad SMARTS) is 1. The molecule has 0 spiro atoms. The van der Waals surface area contributed by atoms with Crippen LogP contribution in [0.15, 0.2) is 66.9 Å². The third kappa shape index (κ3) is 7.88. The number of methoxy groups -OCH3 is 1. The molecule has 0 saturated heterocycles. The highest BCUT2D eigenvalue weighted by Gasteiger charge is 2.15. The van der Waals surface area contributed by atoms with Gasteiger partial charge >= 0.3 is 5.97 Å². The van der Waals surface area contributed by atoms with Crippen molar-refractivity contribution in [3.63, 3.8) is 0 Å². The number of hydrogen-bond acceptors (Lipinski definition) is 7. The Balaban J connectivity index is 1.42. The molecule has 1 aromatic heterocycles. The zero-order valence-electron chi connectivity index (χ0n) is 21.8. The number of ether oxygens (including phenoxy) is 3. The van der Waals surface area contributed by atoms with Crippen LogP contribution in [0, 0.1) is 11.6 Å². The zero-order chi connectivity index (χ0) is 29.4. The molecule has 3 N–H and O–H groups in total. The number of halogens is 2. The average Bonchev–Trinajstić information content (AvgIpc) is 2.93. The molecule has 2 amide bonds. The smallest absolute Gasteiger partial charge is 0.303 e. The number of fused-ring (bicyclic) bond motifs is 1. The number of rotatable bonds is 12. The van der Waals surface area contributed by atoms with Gasteiger partial charge in [0.1, 0.15) is 18.0 Å². The third-order valence-corrected chi connectivity index (χ3v) is 5.66.